The normalized spacial score (nSPS) is 18.7. The molecule has 1 saturated heterocycles. The van der Waals surface area contributed by atoms with Crippen molar-refractivity contribution in [2.75, 3.05) is 18.5 Å². The van der Waals surface area contributed by atoms with E-state index in [1.54, 1.807) is 13.8 Å². The van der Waals surface area contributed by atoms with Gasteiger partial charge < -0.3 is 14.7 Å². The van der Waals surface area contributed by atoms with Crippen LogP contribution in [0.1, 0.15) is 52.2 Å². The van der Waals surface area contributed by atoms with Crippen molar-refractivity contribution < 1.29 is 24.2 Å². The number of fused-ring (bicyclic) bond motifs is 3. The number of amides is 2. The SMILES string of the molecule is Cc1nc(NC(=O)OCC2c3ccccc3-c3ccccc32)sc1C(=O)N1CCC[C@@]1(C)C(=O)O. The van der Waals surface area contributed by atoms with Gasteiger partial charge in [-0.1, -0.05) is 59.9 Å². The van der Waals surface area contributed by atoms with Gasteiger partial charge in [-0.05, 0) is 48.9 Å². The molecule has 1 atom stereocenters. The third kappa shape index (κ3) is 3.95. The fraction of sp³-hybridized carbons (Fsp3) is 0.308. The molecule has 2 N–H and O–H groups in total. The second-order valence-corrected chi connectivity index (χ2v) is 10.0. The van der Waals surface area contributed by atoms with E-state index in [0.717, 1.165) is 33.6 Å². The Morgan fingerprint density at radius 2 is 1.77 bits per heavy atom. The standard InChI is InChI=1S/C26H25N3O5S/c1-15-21(22(30)29-13-7-12-26(29,2)23(31)32)35-24(27-15)28-25(33)34-14-20-18-10-5-3-8-16(18)17-9-4-6-11-19(17)20/h3-6,8-11,20H,7,12-14H2,1-2H3,(H,31,32)(H,27,28,33)/t26-/m0/s1. The van der Waals surface area contributed by atoms with E-state index in [1.165, 1.54) is 4.90 Å². The quantitative estimate of drug-likeness (QED) is 0.526. The molecule has 0 bridgehead atoms. The fourth-order valence-electron chi connectivity index (χ4n) is 5.00. The van der Waals surface area contributed by atoms with Crippen LogP contribution >= 0.6 is 11.3 Å². The molecule has 0 radical (unpaired) electrons. The minimum absolute atomic E-state index is 0.0628. The number of carboxylic acid groups (broad SMARTS) is 1. The number of likely N-dealkylation sites (tertiary alicyclic amines) is 1. The highest BCUT2D eigenvalue weighted by molar-refractivity contribution is 7.17. The van der Waals surface area contributed by atoms with Crippen LogP contribution in [-0.2, 0) is 9.53 Å². The molecule has 0 saturated carbocycles. The van der Waals surface area contributed by atoms with Gasteiger partial charge in [0.05, 0.1) is 5.69 Å². The molecule has 1 fully saturated rings. The van der Waals surface area contributed by atoms with Gasteiger partial charge in [-0.15, -0.1) is 0 Å². The zero-order chi connectivity index (χ0) is 24.7. The second kappa shape index (κ2) is 8.81. The number of anilines is 1. The molecular weight excluding hydrogens is 466 g/mol. The lowest BCUT2D eigenvalue weighted by Crippen LogP contribution is -2.50. The molecule has 2 aliphatic rings. The molecule has 5 rings (SSSR count). The van der Waals surface area contributed by atoms with Crippen LogP contribution in [0.2, 0.25) is 0 Å². The third-order valence-corrected chi connectivity index (χ3v) is 7.95. The first-order valence-corrected chi connectivity index (χ1v) is 12.3. The van der Waals surface area contributed by atoms with Crippen molar-refractivity contribution >= 4 is 34.4 Å². The van der Waals surface area contributed by atoms with Crippen LogP contribution in [0, 0.1) is 6.92 Å². The maximum atomic E-state index is 13.1. The zero-order valence-corrected chi connectivity index (χ0v) is 20.2. The van der Waals surface area contributed by atoms with Crippen molar-refractivity contribution in [1.82, 2.24) is 9.88 Å². The molecule has 0 spiro atoms. The molecule has 0 unspecified atom stereocenters. The van der Waals surface area contributed by atoms with Crippen LogP contribution in [0.4, 0.5) is 9.93 Å². The number of thiazole rings is 1. The number of benzene rings is 2. The molecule has 2 aromatic carbocycles. The zero-order valence-electron chi connectivity index (χ0n) is 19.4. The van der Waals surface area contributed by atoms with Crippen LogP contribution in [0.25, 0.3) is 11.1 Å². The molecule has 180 valence electrons. The van der Waals surface area contributed by atoms with Crippen molar-refractivity contribution in [2.45, 2.75) is 38.1 Å². The summed E-state index contributed by atoms with van der Waals surface area (Å²) in [5.74, 6) is -1.47. The number of aromatic nitrogens is 1. The van der Waals surface area contributed by atoms with Gasteiger partial charge in [-0.3, -0.25) is 10.1 Å². The lowest BCUT2D eigenvalue weighted by Gasteiger charge is -2.30. The van der Waals surface area contributed by atoms with Crippen LogP contribution in [0.15, 0.2) is 48.5 Å². The fourth-order valence-corrected chi connectivity index (χ4v) is 5.91. The Kier molecular flexibility index (Phi) is 5.80. The monoisotopic (exact) mass is 491 g/mol. The number of nitrogens with zero attached hydrogens (tertiary/aromatic N) is 2. The number of hydrogen-bond acceptors (Lipinski definition) is 6. The summed E-state index contributed by atoms with van der Waals surface area (Å²) in [6.45, 7) is 3.77. The highest BCUT2D eigenvalue weighted by Crippen LogP contribution is 2.44. The molecule has 1 aliphatic carbocycles. The summed E-state index contributed by atoms with van der Waals surface area (Å²) in [5, 5.41) is 12.5. The molecule has 8 nitrogen and oxygen atoms in total. The third-order valence-electron chi connectivity index (χ3n) is 6.89. The number of hydrogen-bond donors (Lipinski definition) is 2. The Morgan fingerprint density at radius 1 is 1.14 bits per heavy atom. The number of rotatable bonds is 5. The predicted octanol–water partition coefficient (Wildman–Crippen LogP) is 4.89. The van der Waals surface area contributed by atoms with E-state index in [2.05, 4.69) is 22.4 Å². The number of aryl methyl sites for hydroxylation is 1. The summed E-state index contributed by atoms with van der Waals surface area (Å²) in [5.41, 5.74) is 3.72. The minimum atomic E-state index is -1.24. The van der Waals surface area contributed by atoms with E-state index in [-0.39, 0.29) is 23.6 Å². The Hall–Kier alpha value is -3.72. The van der Waals surface area contributed by atoms with E-state index in [1.807, 2.05) is 36.4 Å². The molecule has 35 heavy (non-hydrogen) atoms. The van der Waals surface area contributed by atoms with Crippen LogP contribution in [-0.4, -0.2) is 51.7 Å². The number of carbonyl (C=O) groups excluding carboxylic acids is 2. The lowest BCUT2D eigenvalue weighted by molar-refractivity contribution is -0.147. The van der Waals surface area contributed by atoms with Gasteiger partial charge in [0.25, 0.3) is 5.91 Å². The molecule has 1 aliphatic heterocycles. The Labute approximate surface area is 206 Å². The van der Waals surface area contributed by atoms with Gasteiger partial charge in [-0.25, -0.2) is 14.6 Å². The van der Waals surface area contributed by atoms with E-state index in [9.17, 15) is 19.5 Å². The average Bonchev–Trinajstić information content (AvgIpc) is 3.51. The molecule has 2 heterocycles. The van der Waals surface area contributed by atoms with Gasteiger partial charge in [0.1, 0.15) is 17.0 Å². The van der Waals surface area contributed by atoms with Crippen molar-refractivity contribution in [3.05, 3.63) is 70.2 Å². The van der Waals surface area contributed by atoms with E-state index >= 15 is 0 Å². The van der Waals surface area contributed by atoms with E-state index < -0.39 is 17.6 Å². The Balaban J connectivity index is 1.27. The van der Waals surface area contributed by atoms with Crippen molar-refractivity contribution in [1.29, 1.82) is 0 Å². The molecule has 9 heteroatoms. The maximum absolute atomic E-state index is 13.1. The van der Waals surface area contributed by atoms with E-state index in [4.69, 9.17) is 4.74 Å². The Morgan fingerprint density at radius 3 is 2.40 bits per heavy atom. The smallest absolute Gasteiger partial charge is 0.413 e. The highest BCUT2D eigenvalue weighted by Gasteiger charge is 2.46. The summed E-state index contributed by atoms with van der Waals surface area (Å²) < 4.78 is 5.56. The minimum Gasteiger partial charge on any atom is -0.480 e. The molecule has 1 aromatic heterocycles. The van der Waals surface area contributed by atoms with Gasteiger partial charge in [0.15, 0.2) is 5.13 Å². The predicted molar refractivity (Wildman–Crippen MR) is 132 cm³/mol. The number of carboxylic acids is 1. The summed E-state index contributed by atoms with van der Waals surface area (Å²) in [4.78, 5) is 43.5. The topological polar surface area (TPSA) is 109 Å². The summed E-state index contributed by atoms with van der Waals surface area (Å²) in [7, 11) is 0. The first-order valence-electron chi connectivity index (χ1n) is 11.4. The summed E-state index contributed by atoms with van der Waals surface area (Å²) >= 11 is 1.02. The molecule has 2 amide bonds. The van der Waals surface area contributed by atoms with Gasteiger partial charge in [0.2, 0.25) is 0 Å². The average molecular weight is 492 g/mol. The number of ether oxygens (including phenoxy) is 1. The van der Waals surface area contributed by atoms with Crippen LogP contribution in [0.5, 0.6) is 0 Å². The second-order valence-electron chi connectivity index (χ2n) is 9.02. The lowest BCUT2D eigenvalue weighted by atomic mass is 9.98. The van der Waals surface area contributed by atoms with Crippen molar-refractivity contribution in [3.8, 4) is 11.1 Å². The number of aliphatic carboxylic acids is 1. The Bertz CT molecular complexity index is 1290. The molecular formula is C26H25N3O5S. The first-order chi connectivity index (χ1) is 16.8. The van der Waals surface area contributed by atoms with E-state index in [0.29, 0.717) is 30.0 Å². The van der Waals surface area contributed by atoms with Gasteiger partial charge in [0, 0.05) is 12.5 Å². The number of nitrogens with one attached hydrogen (secondary N) is 1. The van der Waals surface area contributed by atoms with Crippen LogP contribution < -0.4 is 5.32 Å². The summed E-state index contributed by atoms with van der Waals surface area (Å²) in [6.07, 6.45) is 0.366. The van der Waals surface area contributed by atoms with Gasteiger partial charge in [-0.2, -0.15) is 0 Å². The largest absolute Gasteiger partial charge is 0.480 e. The van der Waals surface area contributed by atoms with Crippen molar-refractivity contribution in [2.24, 2.45) is 0 Å². The summed E-state index contributed by atoms with van der Waals surface area (Å²) in [6, 6.07) is 16.2. The highest BCUT2D eigenvalue weighted by atomic mass is 32.1. The maximum Gasteiger partial charge on any atom is 0.413 e. The van der Waals surface area contributed by atoms with Gasteiger partial charge >= 0.3 is 12.1 Å². The first kappa shape index (κ1) is 23.0. The number of carbonyl (C=O) groups is 3. The van der Waals surface area contributed by atoms with Crippen LogP contribution in [0.3, 0.4) is 0 Å². The van der Waals surface area contributed by atoms with Crippen molar-refractivity contribution in [3.63, 3.8) is 0 Å². The molecule has 3 aromatic rings.